The molecule has 0 radical (unpaired) electrons. The van der Waals surface area contributed by atoms with Gasteiger partial charge in [0.15, 0.2) is 0 Å². The molecule has 2 rings (SSSR count). The molecular weight excluding hydrogens is 262 g/mol. The maximum absolute atomic E-state index is 12.3. The Kier molecular flexibility index (Phi) is 3.29. The monoisotopic (exact) mass is 281 g/mol. The average molecular weight is 282 g/mol. The number of carbonyl (C=O) groups excluding carboxylic acids is 1. The van der Waals surface area contributed by atoms with Gasteiger partial charge in [0, 0.05) is 17.0 Å². The number of hydrogen-bond donors (Lipinski definition) is 0. The zero-order valence-electron chi connectivity index (χ0n) is 12.1. The highest BCUT2D eigenvalue weighted by molar-refractivity contribution is 6.30. The van der Waals surface area contributed by atoms with E-state index in [9.17, 15) is 4.79 Å². The average Bonchev–Trinajstić information content (AvgIpc) is 2.49. The Morgan fingerprint density at radius 1 is 1.37 bits per heavy atom. The van der Waals surface area contributed by atoms with E-state index in [4.69, 9.17) is 16.3 Å². The van der Waals surface area contributed by atoms with Crippen LogP contribution in [0, 0.1) is 0 Å². The molecule has 0 bridgehead atoms. The molecule has 104 valence electrons. The lowest BCUT2D eigenvalue weighted by Gasteiger charge is -2.25. The first-order valence-electron chi connectivity index (χ1n) is 6.41. The van der Waals surface area contributed by atoms with Gasteiger partial charge in [0.05, 0.1) is 5.69 Å². The largest absolute Gasteiger partial charge is 0.443 e. The molecule has 3 nitrogen and oxygen atoms in total. The predicted octanol–water partition coefficient (Wildman–Crippen LogP) is 4.37. The molecule has 1 amide bonds. The first-order valence-corrected chi connectivity index (χ1v) is 6.78. The summed E-state index contributed by atoms with van der Waals surface area (Å²) in [5.74, 6) is 0. The van der Waals surface area contributed by atoms with Crippen LogP contribution < -0.4 is 4.90 Å². The zero-order valence-corrected chi connectivity index (χ0v) is 12.8. The van der Waals surface area contributed by atoms with Crippen LogP contribution in [0.15, 0.2) is 18.2 Å². The molecule has 1 aromatic rings. The summed E-state index contributed by atoms with van der Waals surface area (Å²) in [5.41, 5.74) is 1.38. The highest BCUT2D eigenvalue weighted by atomic mass is 35.5. The van der Waals surface area contributed by atoms with E-state index >= 15 is 0 Å². The van der Waals surface area contributed by atoms with Crippen molar-refractivity contribution in [3.05, 3.63) is 28.8 Å². The minimum absolute atomic E-state index is 0.114. The first-order chi connectivity index (χ1) is 8.60. The maximum atomic E-state index is 12.3. The fraction of sp³-hybridized carbons (Fsp3) is 0.533. The molecule has 4 heteroatoms. The lowest BCUT2D eigenvalue weighted by molar-refractivity contribution is 0.0579. The molecule has 19 heavy (non-hydrogen) atoms. The van der Waals surface area contributed by atoms with Gasteiger partial charge in [-0.05, 0) is 44.5 Å². The Morgan fingerprint density at radius 2 is 2.00 bits per heavy atom. The lowest BCUT2D eigenvalue weighted by atomic mass is 9.87. The van der Waals surface area contributed by atoms with Gasteiger partial charge in [-0.1, -0.05) is 25.4 Å². The van der Waals surface area contributed by atoms with E-state index < -0.39 is 5.60 Å². The van der Waals surface area contributed by atoms with Crippen molar-refractivity contribution in [1.29, 1.82) is 0 Å². The van der Waals surface area contributed by atoms with Gasteiger partial charge in [0.2, 0.25) is 0 Å². The summed E-state index contributed by atoms with van der Waals surface area (Å²) in [6.45, 7) is 10.4. The van der Waals surface area contributed by atoms with Crippen molar-refractivity contribution in [3.8, 4) is 0 Å². The molecule has 1 heterocycles. The molecule has 0 spiro atoms. The van der Waals surface area contributed by atoms with Crippen LogP contribution in [0.2, 0.25) is 5.02 Å². The predicted molar refractivity (Wildman–Crippen MR) is 78.1 cm³/mol. The van der Waals surface area contributed by atoms with Crippen molar-refractivity contribution in [3.63, 3.8) is 0 Å². The van der Waals surface area contributed by atoms with Gasteiger partial charge in [-0.25, -0.2) is 4.79 Å². The summed E-state index contributed by atoms with van der Waals surface area (Å²) in [5, 5.41) is 0.692. The van der Waals surface area contributed by atoms with Crippen molar-refractivity contribution in [2.24, 2.45) is 0 Å². The van der Waals surface area contributed by atoms with Crippen molar-refractivity contribution in [2.45, 2.75) is 45.6 Å². The van der Waals surface area contributed by atoms with Crippen LogP contribution in [0.4, 0.5) is 10.5 Å². The molecule has 0 unspecified atom stereocenters. The molecule has 0 aromatic heterocycles. The maximum Gasteiger partial charge on any atom is 0.414 e. The molecular formula is C15H20ClNO2. The number of rotatable bonds is 0. The number of ether oxygens (including phenoxy) is 1. The number of anilines is 1. The van der Waals surface area contributed by atoms with Gasteiger partial charge < -0.3 is 4.74 Å². The van der Waals surface area contributed by atoms with Gasteiger partial charge in [-0.15, -0.1) is 0 Å². The third-order valence-electron chi connectivity index (χ3n) is 3.15. The minimum Gasteiger partial charge on any atom is -0.443 e. The van der Waals surface area contributed by atoms with E-state index in [-0.39, 0.29) is 11.5 Å². The lowest BCUT2D eigenvalue weighted by Crippen LogP contribution is -2.38. The van der Waals surface area contributed by atoms with Crippen LogP contribution in [0.25, 0.3) is 0 Å². The van der Waals surface area contributed by atoms with Crippen LogP contribution in [0.3, 0.4) is 0 Å². The number of nitrogens with zero attached hydrogens (tertiary/aromatic N) is 1. The Balaban J connectivity index is 2.35. The molecule has 1 aliphatic rings. The highest BCUT2D eigenvalue weighted by Crippen LogP contribution is 2.42. The smallest absolute Gasteiger partial charge is 0.414 e. The second kappa shape index (κ2) is 4.41. The van der Waals surface area contributed by atoms with E-state index in [1.807, 2.05) is 32.9 Å². The Hall–Kier alpha value is -1.22. The van der Waals surface area contributed by atoms with Crippen molar-refractivity contribution >= 4 is 23.4 Å². The van der Waals surface area contributed by atoms with E-state index in [0.717, 1.165) is 11.3 Å². The number of carbonyl (C=O) groups is 1. The quantitative estimate of drug-likeness (QED) is 0.706. The fourth-order valence-corrected chi connectivity index (χ4v) is 2.50. The van der Waals surface area contributed by atoms with Crippen molar-refractivity contribution in [1.82, 2.24) is 0 Å². The summed E-state index contributed by atoms with van der Waals surface area (Å²) in [7, 11) is 0. The van der Waals surface area contributed by atoms with Gasteiger partial charge >= 0.3 is 6.09 Å². The second-order valence-corrected chi connectivity index (χ2v) is 7.05. The fourth-order valence-electron chi connectivity index (χ4n) is 2.33. The van der Waals surface area contributed by atoms with Crippen LogP contribution >= 0.6 is 11.6 Å². The summed E-state index contributed by atoms with van der Waals surface area (Å²) in [4.78, 5) is 14.0. The van der Waals surface area contributed by atoms with Crippen LogP contribution in [-0.4, -0.2) is 18.2 Å². The molecule has 0 N–H and O–H groups in total. The van der Waals surface area contributed by atoms with E-state index in [0.29, 0.717) is 11.6 Å². The van der Waals surface area contributed by atoms with E-state index in [1.54, 1.807) is 11.0 Å². The zero-order chi connectivity index (χ0) is 14.4. The van der Waals surface area contributed by atoms with Crippen LogP contribution in [-0.2, 0) is 10.2 Å². The van der Waals surface area contributed by atoms with Crippen LogP contribution in [0.5, 0.6) is 0 Å². The number of hydrogen-bond acceptors (Lipinski definition) is 2. The minimum atomic E-state index is -0.490. The second-order valence-electron chi connectivity index (χ2n) is 6.61. The summed E-state index contributed by atoms with van der Waals surface area (Å²) < 4.78 is 5.46. The Labute approximate surface area is 119 Å². The SMILES string of the molecule is CC(C)(C)OC(=O)N1CC(C)(C)c2cc(Cl)ccc21. The Morgan fingerprint density at radius 3 is 2.58 bits per heavy atom. The van der Waals surface area contributed by atoms with Gasteiger partial charge in [0.1, 0.15) is 5.60 Å². The highest BCUT2D eigenvalue weighted by Gasteiger charge is 2.39. The normalized spacial score (nSPS) is 17.3. The number of halogens is 1. The van der Waals surface area contributed by atoms with E-state index in [1.165, 1.54) is 0 Å². The number of amides is 1. The topological polar surface area (TPSA) is 29.5 Å². The van der Waals surface area contributed by atoms with E-state index in [2.05, 4.69) is 13.8 Å². The van der Waals surface area contributed by atoms with Gasteiger partial charge in [-0.2, -0.15) is 0 Å². The summed E-state index contributed by atoms with van der Waals surface area (Å²) >= 11 is 6.05. The third kappa shape index (κ3) is 2.86. The molecule has 1 aromatic carbocycles. The Bertz CT molecular complexity index is 517. The molecule has 0 aliphatic carbocycles. The molecule has 0 atom stereocenters. The summed E-state index contributed by atoms with van der Waals surface area (Å²) in [6.07, 6.45) is -0.304. The van der Waals surface area contributed by atoms with Crippen molar-refractivity contribution < 1.29 is 9.53 Å². The molecule has 1 aliphatic heterocycles. The number of fused-ring (bicyclic) bond motifs is 1. The summed E-state index contributed by atoms with van der Waals surface area (Å²) in [6, 6.07) is 5.62. The van der Waals surface area contributed by atoms with Gasteiger partial charge in [0.25, 0.3) is 0 Å². The van der Waals surface area contributed by atoms with Crippen LogP contribution in [0.1, 0.15) is 40.2 Å². The first kappa shape index (κ1) is 14.2. The molecule has 0 fully saturated rings. The standard InChI is InChI=1S/C15H20ClNO2/c1-14(2,3)19-13(18)17-9-15(4,5)11-8-10(16)6-7-12(11)17/h6-8H,9H2,1-5H3. The molecule has 0 saturated carbocycles. The third-order valence-corrected chi connectivity index (χ3v) is 3.38. The molecule has 0 saturated heterocycles. The van der Waals surface area contributed by atoms with Gasteiger partial charge in [-0.3, -0.25) is 4.90 Å². The number of benzene rings is 1. The van der Waals surface area contributed by atoms with Crippen molar-refractivity contribution in [2.75, 3.05) is 11.4 Å².